The van der Waals surface area contributed by atoms with Crippen LogP contribution in [0.4, 0.5) is 0 Å². The van der Waals surface area contributed by atoms with Gasteiger partial charge in [-0.25, -0.2) is 0 Å². The van der Waals surface area contributed by atoms with Crippen molar-refractivity contribution >= 4 is 17.2 Å². The molecule has 0 saturated carbocycles. The van der Waals surface area contributed by atoms with Crippen molar-refractivity contribution in [3.8, 4) is 0 Å². The minimum absolute atomic E-state index is 0.959. The number of hydrogen-bond donors (Lipinski definition) is 1. The van der Waals surface area contributed by atoms with Crippen LogP contribution in [0.3, 0.4) is 0 Å². The predicted molar refractivity (Wildman–Crippen MR) is 135 cm³/mol. The van der Waals surface area contributed by atoms with Gasteiger partial charge in [-0.3, -0.25) is 0 Å². The van der Waals surface area contributed by atoms with E-state index in [0.29, 0.717) is 0 Å². The zero-order valence-electron chi connectivity index (χ0n) is 19.3. The summed E-state index contributed by atoms with van der Waals surface area (Å²) >= 11 is 0. The van der Waals surface area contributed by atoms with Gasteiger partial charge in [-0.05, 0) is 66.7 Å². The van der Waals surface area contributed by atoms with Crippen molar-refractivity contribution in [2.24, 2.45) is 0 Å². The fourth-order valence-corrected chi connectivity index (χ4v) is 3.91. The molecule has 0 aromatic heterocycles. The second-order valence-electron chi connectivity index (χ2n) is 7.91. The zero-order chi connectivity index (χ0) is 22.5. The average molecular weight is 409 g/mol. The van der Waals surface area contributed by atoms with E-state index in [1.807, 2.05) is 18.2 Å². The number of nitrogens with one attached hydrogen (secondary N) is 1. The van der Waals surface area contributed by atoms with Gasteiger partial charge in [-0.1, -0.05) is 74.7 Å². The molecule has 2 heteroatoms. The van der Waals surface area contributed by atoms with Gasteiger partial charge in [-0.15, -0.1) is 5.73 Å². The summed E-state index contributed by atoms with van der Waals surface area (Å²) in [7, 11) is 2.05. The van der Waals surface area contributed by atoms with Gasteiger partial charge in [0.2, 0.25) is 0 Å². The fraction of sp³-hybridized carbons (Fsp3) is 0.207. The lowest BCUT2D eigenvalue weighted by Crippen LogP contribution is -2.34. The van der Waals surface area contributed by atoms with E-state index in [4.69, 9.17) is 0 Å². The van der Waals surface area contributed by atoms with Gasteiger partial charge in [0.25, 0.3) is 0 Å². The molecule has 0 bridgehead atoms. The Morgan fingerprint density at radius 1 is 1.13 bits per heavy atom. The van der Waals surface area contributed by atoms with Crippen molar-refractivity contribution in [3.63, 3.8) is 0 Å². The summed E-state index contributed by atoms with van der Waals surface area (Å²) in [4.78, 5) is 2.13. The molecule has 3 rings (SSSR count). The van der Waals surface area contributed by atoms with Crippen LogP contribution in [0.2, 0.25) is 0 Å². The molecule has 2 aromatic carbocycles. The van der Waals surface area contributed by atoms with E-state index >= 15 is 0 Å². The number of benzene rings is 2. The topological polar surface area (TPSA) is 15.3 Å². The summed E-state index contributed by atoms with van der Waals surface area (Å²) in [6.45, 7) is 16.9. The Morgan fingerprint density at radius 2 is 1.84 bits per heavy atom. The largest absolute Gasteiger partial charge is 0.345 e. The van der Waals surface area contributed by atoms with Crippen molar-refractivity contribution in [2.45, 2.75) is 34.1 Å². The first-order valence-electron chi connectivity index (χ1n) is 10.7. The Kier molecular flexibility index (Phi) is 6.84. The first kappa shape index (κ1) is 22.2. The van der Waals surface area contributed by atoms with Gasteiger partial charge in [0.05, 0.1) is 5.70 Å². The van der Waals surface area contributed by atoms with Gasteiger partial charge < -0.3 is 10.2 Å². The van der Waals surface area contributed by atoms with Crippen LogP contribution in [0.5, 0.6) is 0 Å². The molecule has 0 aliphatic carbocycles. The number of aryl methyl sites for hydroxylation is 1. The first-order chi connectivity index (χ1) is 14.9. The Hall–Kier alpha value is -3.48. The quantitative estimate of drug-likeness (QED) is 0.522. The summed E-state index contributed by atoms with van der Waals surface area (Å²) in [5.74, 6) is 1.000. The monoisotopic (exact) mass is 408 g/mol. The maximum absolute atomic E-state index is 4.34. The third-order valence-electron chi connectivity index (χ3n) is 5.79. The number of allylic oxidation sites excluding steroid dienone is 5. The molecule has 2 aromatic rings. The molecule has 0 amide bonds. The molecule has 2 nitrogen and oxygen atoms in total. The number of hydrogen-bond acceptors (Lipinski definition) is 2. The third-order valence-corrected chi connectivity index (χ3v) is 5.79. The number of rotatable bonds is 5. The van der Waals surface area contributed by atoms with Gasteiger partial charge in [0.1, 0.15) is 5.82 Å². The zero-order valence-corrected chi connectivity index (χ0v) is 19.3. The van der Waals surface area contributed by atoms with Gasteiger partial charge in [-0.2, -0.15) is 0 Å². The van der Waals surface area contributed by atoms with Crippen LogP contribution >= 0.6 is 0 Å². The first-order valence-corrected chi connectivity index (χ1v) is 10.7. The summed E-state index contributed by atoms with van der Waals surface area (Å²) in [6.07, 6.45) is 5.42. The van der Waals surface area contributed by atoms with E-state index in [-0.39, 0.29) is 0 Å². The summed E-state index contributed by atoms with van der Waals surface area (Å²) < 4.78 is 0. The van der Waals surface area contributed by atoms with Gasteiger partial charge in [0.15, 0.2) is 0 Å². The van der Waals surface area contributed by atoms with Crippen LogP contribution in [0, 0.1) is 6.92 Å². The maximum atomic E-state index is 4.34. The van der Waals surface area contributed by atoms with Crippen LogP contribution in [-0.4, -0.2) is 11.9 Å². The maximum Gasteiger partial charge on any atom is 0.114 e. The van der Waals surface area contributed by atoms with E-state index < -0.39 is 0 Å². The number of likely N-dealkylation sites (N-methyl/N-ethyl adjacent to an activating group) is 1. The Bertz CT molecular complexity index is 1140. The molecule has 1 aliphatic heterocycles. The van der Waals surface area contributed by atoms with E-state index in [1.165, 1.54) is 11.1 Å². The second kappa shape index (κ2) is 9.55. The molecule has 0 unspecified atom stereocenters. The molecule has 0 saturated heterocycles. The highest BCUT2D eigenvalue weighted by atomic mass is 15.3. The SMILES string of the molecule is C=C=C1C(c2ccc(C)c(/C=C\CC)c2)=C(C)N/C(=C(\C)C(=C)c2ccccc2)N1C. The van der Waals surface area contributed by atoms with Crippen molar-refractivity contribution in [1.29, 1.82) is 0 Å². The van der Waals surface area contributed by atoms with Crippen molar-refractivity contribution < 1.29 is 0 Å². The predicted octanol–water partition coefficient (Wildman–Crippen LogP) is 7.30. The highest BCUT2D eigenvalue weighted by molar-refractivity contribution is 5.84. The minimum atomic E-state index is 0.959. The molecule has 1 aliphatic rings. The van der Waals surface area contributed by atoms with E-state index in [1.54, 1.807) is 0 Å². The van der Waals surface area contributed by atoms with Crippen LogP contribution in [-0.2, 0) is 0 Å². The van der Waals surface area contributed by atoms with Crippen LogP contribution in [0.1, 0.15) is 49.4 Å². The molecule has 0 atom stereocenters. The normalized spacial score (nSPS) is 15.8. The smallest absolute Gasteiger partial charge is 0.114 e. The molecule has 1 N–H and O–H groups in total. The van der Waals surface area contributed by atoms with Crippen LogP contribution in [0.25, 0.3) is 17.2 Å². The summed E-state index contributed by atoms with van der Waals surface area (Å²) in [5, 5.41) is 3.62. The highest BCUT2D eigenvalue weighted by Gasteiger charge is 2.26. The van der Waals surface area contributed by atoms with E-state index in [9.17, 15) is 0 Å². The van der Waals surface area contributed by atoms with Crippen molar-refractivity contribution in [2.75, 3.05) is 7.05 Å². The molecule has 31 heavy (non-hydrogen) atoms. The highest BCUT2D eigenvalue weighted by Crippen LogP contribution is 2.36. The van der Waals surface area contributed by atoms with Crippen molar-refractivity contribution in [3.05, 3.63) is 119 Å². The third kappa shape index (κ3) is 4.50. The number of nitrogens with zero attached hydrogens (tertiary/aromatic N) is 1. The lowest BCUT2D eigenvalue weighted by molar-refractivity contribution is 0.484. The molecule has 158 valence electrons. The molecular weight excluding hydrogens is 376 g/mol. The molecule has 1 heterocycles. The van der Waals surface area contributed by atoms with Crippen LogP contribution in [0.15, 0.2) is 96.3 Å². The van der Waals surface area contributed by atoms with Crippen LogP contribution < -0.4 is 5.32 Å². The molecule has 0 radical (unpaired) electrons. The Morgan fingerprint density at radius 3 is 2.48 bits per heavy atom. The fourth-order valence-electron chi connectivity index (χ4n) is 3.91. The Balaban J connectivity index is 2.09. The van der Waals surface area contributed by atoms with Gasteiger partial charge in [0, 0.05) is 18.3 Å². The molecular formula is C29H32N2. The lowest BCUT2D eigenvalue weighted by Gasteiger charge is -2.35. The second-order valence-corrected chi connectivity index (χ2v) is 7.91. The van der Waals surface area contributed by atoms with E-state index in [0.717, 1.165) is 51.5 Å². The molecule has 0 fully saturated rings. The minimum Gasteiger partial charge on any atom is -0.345 e. The summed E-state index contributed by atoms with van der Waals surface area (Å²) in [5.41, 5.74) is 13.2. The van der Waals surface area contributed by atoms with E-state index in [2.05, 4.69) is 106 Å². The molecule has 0 spiro atoms. The lowest BCUT2D eigenvalue weighted by atomic mass is 9.93. The van der Waals surface area contributed by atoms with Crippen molar-refractivity contribution in [1.82, 2.24) is 10.2 Å². The van der Waals surface area contributed by atoms with Gasteiger partial charge >= 0.3 is 0 Å². The average Bonchev–Trinajstić information content (AvgIpc) is 2.79. The summed E-state index contributed by atoms with van der Waals surface area (Å²) in [6, 6.07) is 16.9. The Labute approximate surface area is 187 Å². The standard InChI is InChI=1S/C29H32N2/c1-8-10-14-25-19-26(18-17-20(25)3)28-23(6)30-29(31(7)27(28)9-2)22(5)21(4)24-15-12-11-13-16-24/h10-19,30H,2,4,8H2,1,3,5-7H3/b14-10-,29-22-.